The highest BCUT2D eigenvalue weighted by molar-refractivity contribution is 7.99. The quantitative estimate of drug-likeness (QED) is 0.0830. The highest BCUT2D eigenvalue weighted by Crippen LogP contribution is 2.27. The maximum Gasteiger partial charge on any atom is 0.365 e. The van der Waals surface area contributed by atoms with Gasteiger partial charge in [-0.1, -0.05) is 92.3 Å². The van der Waals surface area contributed by atoms with Gasteiger partial charge in [0.1, 0.15) is 5.71 Å². The van der Waals surface area contributed by atoms with E-state index in [0.717, 1.165) is 29.1 Å². The van der Waals surface area contributed by atoms with Crippen LogP contribution in [0.15, 0.2) is 99.9 Å². The molecule has 0 amide bonds. The fourth-order valence-corrected chi connectivity index (χ4v) is 4.30. The first-order chi connectivity index (χ1) is 16.7. The maximum atomic E-state index is 13.2. The predicted molar refractivity (Wildman–Crippen MR) is 139 cm³/mol. The van der Waals surface area contributed by atoms with Crippen molar-refractivity contribution in [2.24, 2.45) is 5.16 Å². The highest BCUT2D eigenvalue weighted by Gasteiger charge is 2.17. The van der Waals surface area contributed by atoms with Crippen LogP contribution in [0.3, 0.4) is 0 Å². The summed E-state index contributed by atoms with van der Waals surface area (Å²) in [7, 11) is 0. The van der Waals surface area contributed by atoms with Crippen LogP contribution in [0.5, 0.6) is 0 Å². The van der Waals surface area contributed by atoms with E-state index in [1.54, 1.807) is 36.0 Å². The topological polar surface area (TPSA) is 55.7 Å². The normalized spacial score (nSPS) is 11.3. The van der Waals surface area contributed by atoms with Gasteiger partial charge in [-0.2, -0.15) is 0 Å². The van der Waals surface area contributed by atoms with Crippen LogP contribution in [0.25, 0.3) is 0 Å². The minimum absolute atomic E-state index is 0.203. The molecule has 0 saturated carbocycles. The van der Waals surface area contributed by atoms with Gasteiger partial charge in [-0.25, -0.2) is 4.79 Å². The Morgan fingerprint density at radius 1 is 0.706 bits per heavy atom. The monoisotopic (exact) mass is 473 g/mol. The predicted octanol–water partition coefficient (Wildman–Crippen LogP) is 7.98. The molecule has 4 nitrogen and oxygen atoms in total. The first-order valence-electron chi connectivity index (χ1n) is 11.9. The summed E-state index contributed by atoms with van der Waals surface area (Å²) >= 11 is 1.64. The second kappa shape index (κ2) is 14.2. The lowest BCUT2D eigenvalue weighted by atomic mass is 10.0. The van der Waals surface area contributed by atoms with Crippen molar-refractivity contribution in [1.82, 2.24) is 0 Å². The van der Waals surface area contributed by atoms with E-state index >= 15 is 0 Å². The second-order valence-corrected chi connectivity index (χ2v) is 9.22. The maximum absolute atomic E-state index is 13.2. The van der Waals surface area contributed by atoms with Crippen LogP contribution in [0.1, 0.15) is 72.6 Å². The van der Waals surface area contributed by atoms with Crippen LogP contribution in [0.2, 0.25) is 0 Å². The molecule has 0 saturated heterocycles. The molecular weight excluding hydrogens is 442 g/mol. The molecule has 3 rings (SSSR count). The Bertz CT molecular complexity index is 1060. The summed E-state index contributed by atoms with van der Waals surface area (Å²) in [6.07, 6.45) is 7.07. The number of oxime groups is 1. The van der Waals surface area contributed by atoms with E-state index in [1.165, 1.54) is 19.3 Å². The average Bonchev–Trinajstić information content (AvgIpc) is 2.89. The van der Waals surface area contributed by atoms with E-state index in [1.807, 2.05) is 48.5 Å². The standard InChI is InChI=1S/C29H31NO3S/c1-2-3-4-5-6-13-18-27(30-33-29(32)24-14-9-7-10-15-24)28(31)23-19-21-26(22-20-23)34-25-16-11-8-12-17-25/h7-12,14-17,19-22H,2-6,13,18H2,1H3/b30-27+. The molecule has 0 radical (unpaired) electrons. The zero-order valence-corrected chi connectivity index (χ0v) is 20.4. The van der Waals surface area contributed by atoms with Gasteiger partial charge in [-0.05, 0) is 61.4 Å². The van der Waals surface area contributed by atoms with E-state index < -0.39 is 5.97 Å². The molecule has 0 atom stereocenters. The van der Waals surface area contributed by atoms with E-state index in [9.17, 15) is 9.59 Å². The van der Waals surface area contributed by atoms with Gasteiger partial charge in [0.05, 0.1) is 5.56 Å². The van der Waals surface area contributed by atoms with Crippen LogP contribution in [0, 0.1) is 0 Å². The summed E-state index contributed by atoms with van der Waals surface area (Å²) in [5.41, 5.74) is 1.22. The van der Waals surface area contributed by atoms with Gasteiger partial charge in [-0.15, -0.1) is 0 Å². The summed E-state index contributed by atoms with van der Waals surface area (Å²) in [5, 5.41) is 4.01. The molecule has 34 heavy (non-hydrogen) atoms. The number of unbranched alkanes of at least 4 members (excludes halogenated alkanes) is 5. The Morgan fingerprint density at radius 2 is 1.29 bits per heavy atom. The molecule has 0 fully saturated rings. The minimum atomic E-state index is -0.566. The van der Waals surface area contributed by atoms with Crippen LogP contribution in [0.4, 0.5) is 0 Å². The largest absolute Gasteiger partial charge is 0.365 e. The highest BCUT2D eigenvalue weighted by atomic mass is 32.2. The van der Waals surface area contributed by atoms with Crippen molar-refractivity contribution < 1.29 is 14.4 Å². The SMILES string of the molecule is CCCCCCCC/C(=N\OC(=O)c1ccccc1)C(=O)c1ccc(Sc2ccccc2)cc1. The molecule has 3 aromatic rings. The van der Waals surface area contributed by atoms with Crippen LogP contribution in [-0.4, -0.2) is 17.5 Å². The van der Waals surface area contributed by atoms with Crippen molar-refractivity contribution in [2.45, 2.75) is 61.7 Å². The number of carbonyl (C=O) groups is 2. The van der Waals surface area contributed by atoms with Crippen molar-refractivity contribution in [3.8, 4) is 0 Å². The van der Waals surface area contributed by atoms with Crippen LogP contribution >= 0.6 is 11.8 Å². The zero-order valence-electron chi connectivity index (χ0n) is 19.6. The van der Waals surface area contributed by atoms with E-state index in [2.05, 4.69) is 24.2 Å². The van der Waals surface area contributed by atoms with Gasteiger partial charge in [-0.3, -0.25) is 4.79 Å². The van der Waals surface area contributed by atoms with Gasteiger partial charge in [0.25, 0.3) is 0 Å². The molecular formula is C29H31NO3S. The van der Waals surface area contributed by atoms with Crippen LogP contribution in [-0.2, 0) is 4.84 Å². The van der Waals surface area contributed by atoms with Gasteiger partial charge in [0, 0.05) is 15.4 Å². The Balaban J connectivity index is 1.67. The third-order valence-corrected chi connectivity index (χ3v) is 6.39. The Kier molecular flexibility index (Phi) is 10.6. The first-order valence-corrected chi connectivity index (χ1v) is 12.7. The van der Waals surface area contributed by atoms with Crippen molar-refractivity contribution in [2.75, 3.05) is 0 Å². The summed E-state index contributed by atoms with van der Waals surface area (Å²) in [4.78, 5) is 32.9. The number of hydrogen-bond acceptors (Lipinski definition) is 5. The van der Waals surface area contributed by atoms with E-state index in [4.69, 9.17) is 4.84 Å². The lowest BCUT2D eigenvalue weighted by molar-refractivity contribution is 0.0514. The molecule has 0 aliphatic carbocycles. The van der Waals surface area contributed by atoms with Crippen molar-refractivity contribution in [3.63, 3.8) is 0 Å². The Morgan fingerprint density at radius 3 is 1.97 bits per heavy atom. The molecule has 0 spiro atoms. The van der Waals surface area contributed by atoms with Gasteiger partial charge in [0.15, 0.2) is 0 Å². The third-order valence-electron chi connectivity index (χ3n) is 5.37. The average molecular weight is 474 g/mol. The van der Waals surface area contributed by atoms with Crippen LogP contribution < -0.4 is 0 Å². The lowest BCUT2D eigenvalue weighted by Crippen LogP contribution is -2.16. The second-order valence-electron chi connectivity index (χ2n) is 8.07. The zero-order chi connectivity index (χ0) is 24.0. The molecule has 0 aliphatic heterocycles. The number of Topliss-reactive ketones (excluding diaryl/α,β-unsaturated/α-hetero) is 1. The number of hydrogen-bond donors (Lipinski definition) is 0. The summed E-state index contributed by atoms with van der Waals surface area (Å²) < 4.78 is 0. The molecule has 5 heteroatoms. The molecule has 3 aromatic carbocycles. The summed E-state index contributed by atoms with van der Waals surface area (Å²) in [6, 6.07) is 26.3. The van der Waals surface area contributed by atoms with Crippen molar-refractivity contribution >= 4 is 29.2 Å². The molecule has 0 aliphatic rings. The number of nitrogens with zero attached hydrogens (tertiary/aromatic N) is 1. The minimum Gasteiger partial charge on any atom is -0.312 e. The van der Waals surface area contributed by atoms with E-state index in [0.29, 0.717) is 17.5 Å². The molecule has 0 aromatic heterocycles. The van der Waals surface area contributed by atoms with Crippen molar-refractivity contribution in [1.29, 1.82) is 0 Å². The molecule has 0 unspecified atom stereocenters. The Labute approximate surface area is 206 Å². The fraction of sp³-hybridized carbons (Fsp3) is 0.276. The molecule has 0 N–H and O–H groups in total. The van der Waals surface area contributed by atoms with Gasteiger partial charge >= 0.3 is 5.97 Å². The molecule has 0 heterocycles. The van der Waals surface area contributed by atoms with E-state index in [-0.39, 0.29) is 11.5 Å². The fourth-order valence-electron chi connectivity index (χ4n) is 3.46. The number of ketones is 1. The van der Waals surface area contributed by atoms with Crippen molar-refractivity contribution in [3.05, 3.63) is 96.1 Å². The number of benzene rings is 3. The summed E-state index contributed by atoms with van der Waals surface area (Å²) in [6.45, 7) is 2.19. The first kappa shape index (κ1) is 25.4. The Hall–Kier alpha value is -3.18. The molecule has 176 valence electrons. The summed E-state index contributed by atoms with van der Waals surface area (Å²) in [5.74, 6) is -0.769. The molecule has 0 bridgehead atoms. The number of rotatable bonds is 13. The smallest absolute Gasteiger partial charge is 0.312 e. The lowest BCUT2D eigenvalue weighted by Gasteiger charge is -2.07. The number of carbonyl (C=O) groups excluding carboxylic acids is 2. The third kappa shape index (κ3) is 8.31. The van der Waals surface area contributed by atoms with Gasteiger partial charge in [0.2, 0.25) is 5.78 Å². The van der Waals surface area contributed by atoms with Gasteiger partial charge < -0.3 is 4.84 Å².